The molecule has 0 atom stereocenters. The predicted molar refractivity (Wildman–Crippen MR) is 76.0 cm³/mol. The number of likely N-dealkylation sites (N-methyl/N-ethyl adjacent to an activating group) is 1. The number of anilines is 1. The van der Waals surface area contributed by atoms with Gasteiger partial charge in [-0.05, 0) is 26.1 Å². The van der Waals surface area contributed by atoms with Crippen LogP contribution < -0.4 is 10.6 Å². The molecule has 104 valence electrons. The number of rotatable bonds is 6. The van der Waals surface area contributed by atoms with Crippen LogP contribution in [0.3, 0.4) is 0 Å². The van der Waals surface area contributed by atoms with Crippen LogP contribution in [0.15, 0.2) is 24.3 Å². The average molecular weight is 263 g/mol. The summed E-state index contributed by atoms with van der Waals surface area (Å²) < 4.78 is 0. The van der Waals surface area contributed by atoms with E-state index < -0.39 is 0 Å². The minimum absolute atomic E-state index is 0.0579. The van der Waals surface area contributed by atoms with Gasteiger partial charge in [-0.25, -0.2) is 0 Å². The van der Waals surface area contributed by atoms with Crippen molar-refractivity contribution in [2.75, 3.05) is 32.0 Å². The Morgan fingerprint density at radius 1 is 1.21 bits per heavy atom. The highest BCUT2D eigenvalue weighted by Gasteiger charge is 2.06. The van der Waals surface area contributed by atoms with E-state index in [4.69, 9.17) is 0 Å². The quantitative estimate of drug-likeness (QED) is 0.805. The molecule has 1 aromatic carbocycles. The molecule has 2 N–H and O–H groups in total. The highest BCUT2D eigenvalue weighted by atomic mass is 16.2. The van der Waals surface area contributed by atoms with Crippen LogP contribution in [0.25, 0.3) is 0 Å². The number of carbonyl (C=O) groups excluding carboxylic acids is 2. The minimum atomic E-state index is -0.0609. The fourth-order valence-electron chi connectivity index (χ4n) is 1.58. The lowest BCUT2D eigenvalue weighted by molar-refractivity contribution is -0.118. The number of nitrogens with one attached hydrogen (secondary N) is 2. The number of benzene rings is 1. The van der Waals surface area contributed by atoms with Gasteiger partial charge in [-0.1, -0.05) is 17.7 Å². The summed E-state index contributed by atoms with van der Waals surface area (Å²) in [5, 5.41) is 5.52. The summed E-state index contributed by atoms with van der Waals surface area (Å²) in [6.07, 6.45) is 0. The SMILES string of the molecule is CC(=O)NCCN(C)CC(=O)Nc1ccc(C)cc1. The minimum Gasteiger partial charge on any atom is -0.355 e. The number of hydrogen-bond acceptors (Lipinski definition) is 3. The van der Waals surface area contributed by atoms with Gasteiger partial charge in [0.25, 0.3) is 0 Å². The Balaban J connectivity index is 2.30. The van der Waals surface area contributed by atoms with E-state index in [1.165, 1.54) is 6.92 Å². The van der Waals surface area contributed by atoms with Crippen molar-refractivity contribution in [3.8, 4) is 0 Å². The van der Waals surface area contributed by atoms with E-state index in [9.17, 15) is 9.59 Å². The molecule has 0 saturated heterocycles. The number of carbonyl (C=O) groups is 2. The first-order chi connectivity index (χ1) is 8.97. The molecule has 5 heteroatoms. The van der Waals surface area contributed by atoms with Gasteiger partial charge < -0.3 is 10.6 Å². The smallest absolute Gasteiger partial charge is 0.238 e. The lowest BCUT2D eigenvalue weighted by atomic mass is 10.2. The number of amides is 2. The molecule has 2 amide bonds. The predicted octanol–water partition coefficient (Wildman–Crippen LogP) is 1.00. The fourth-order valence-corrected chi connectivity index (χ4v) is 1.58. The third-order valence-electron chi connectivity index (χ3n) is 2.62. The normalized spacial score (nSPS) is 10.3. The van der Waals surface area contributed by atoms with E-state index in [-0.39, 0.29) is 11.8 Å². The van der Waals surface area contributed by atoms with Crippen LogP contribution in [0.5, 0.6) is 0 Å². The molecule has 0 aliphatic heterocycles. The van der Waals surface area contributed by atoms with Crippen LogP contribution in [0.1, 0.15) is 12.5 Å². The van der Waals surface area contributed by atoms with Crippen LogP contribution in [0.4, 0.5) is 5.69 Å². The van der Waals surface area contributed by atoms with E-state index >= 15 is 0 Å². The maximum absolute atomic E-state index is 11.8. The molecule has 0 aliphatic rings. The highest BCUT2D eigenvalue weighted by Crippen LogP contribution is 2.08. The Morgan fingerprint density at radius 3 is 2.42 bits per heavy atom. The van der Waals surface area contributed by atoms with Gasteiger partial charge in [-0.3, -0.25) is 14.5 Å². The summed E-state index contributed by atoms with van der Waals surface area (Å²) >= 11 is 0. The molecule has 0 saturated carbocycles. The van der Waals surface area contributed by atoms with Crippen LogP contribution in [-0.4, -0.2) is 43.4 Å². The van der Waals surface area contributed by atoms with Crippen molar-refractivity contribution < 1.29 is 9.59 Å². The van der Waals surface area contributed by atoms with Gasteiger partial charge in [0, 0.05) is 25.7 Å². The van der Waals surface area contributed by atoms with Crippen LogP contribution >= 0.6 is 0 Å². The second-order valence-corrected chi connectivity index (χ2v) is 4.63. The third-order valence-corrected chi connectivity index (χ3v) is 2.62. The van der Waals surface area contributed by atoms with E-state index in [1.54, 1.807) is 0 Å². The maximum Gasteiger partial charge on any atom is 0.238 e. The molecule has 5 nitrogen and oxygen atoms in total. The Bertz CT molecular complexity index is 429. The van der Waals surface area contributed by atoms with Gasteiger partial charge in [-0.2, -0.15) is 0 Å². The van der Waals surface area contributed by atoms with Gasteiger partial charge in [-0.15, -0.1) is 0 Å². The molecule has 0 heterocycles. The second kappa shape index (κ2) is 7.53. The van der Waals surface area contributed by atoms with Gasteiger partial charge in [0.1, 0.15) is 0 Å². The lowest BCUT2D eigenvalue weighted by Gasteiger charge is -2.16. The van der Waals surface area contributed by atoms with E-state index in [1.807, 2.05) is 43.1 Å². The van der Waals surface area contributed by atoms with E-state index in [0.29, 0.717) is 19.6 Å². The third kappa shape index (κ3) is 6.57. The van der Waals surface area contributed by atoms with Crippen molar-refractivity contribution >= 4 is 17.5 Å². The van der Waals surface area contributed by atoms with Crippen molar-refractivity contribution in [1.29, 1.82) is 0 Å². The second-order valence-electron chi connectivity index (χ2n) is 4.63. The van der Waals surface area contributed by atoms with E-state index in [0.717, 1.165) is 11.3 Å². The van der Waals surface area contributed by atoms with Gasteiger partial charge >= 0.3 is 0 Å². The Labute approximate surface area is 114 Å². The first kappa shape index (κ1) is 15.2. The summed E-state index contributed by atoms with van der Waals surface area (Å²) in [5.74, 6) is -0.119. The molecule has 0 fully saturated rings. The van der Waals surface area contributed by atoms with Crippen molar-refractivity contribution in [1.82, 2.24) is 10.2 Å². The molecule has 0 aliphatic carbocycles. The fraction of sp³-hybridized carbons (Fsp3) is 0.429. The Morgan fingerprint density at radius 2 is 1.84 bits per heavy atom. The largest absolute Gasteiger partial charge is 0.355 e. The molecule has 0 bridgehead atoms. The Hall–Kier alpha value is -1.88. The molecule has 1 aromatic rings. The topological polar surface area (TPSA) is 61.4 Å². The van der Waals surface area contributed by atoms with Crippen molar-refractivity contribution in [3.05, 3.63) is 29.8 Å². The number of hydrogen-bond donors (Lipinski definition) is 2. The first-order valence-corrected chi connectivity index (χ1v) is 6.27. The van der Waals surface area contributed by atoms with Crippen molar-refractivity contribution in [2.45, 2.75) is 13.8 Å². The first-order valence-electron chi connectivity index (χ1n) is 6.27. The van der Waals surface area contributed by atoms with Crippen molar-refractivity contribution in [3.63, 3.8) is 0 Å². The maximum atomic E-state index is 11.8. The summed E-state index contributed by atoms with van der Waals surface area (Å²) in [5.41, 5.74) is 1.95. The molecule has 1 rings (SSSR count). The van der Waals surface area contributed by atoms with Crippen molar-refractivity contribution in [2.24, 2.45) is 0 Å². The Kier molecular flexibility index (Phi) is 6.02. The highest BCUT2D eigenvalue weighted by molar-refractivity contribution is 5.92. The number of aryl methyl sites for hydroxylation is 1. The molecule has 0 spiro atoms. The van der Waals surface area contributed by atoms with Gasteiger partial charge in [0.15, 0.2) is 0 Å². The summed E-state index contributed by atoms with van der Waals surface area (Å²) in [7, 11) is 1.84. The van der Waals surface area contributed by atoms with Crippen LogP contribution in [0, 0.1) is 6.92 Å². The molecule has 0 radical (unpaired) electrons. The zero-order valence-corrected chi connectivity index (χ0v) is 11.7. The van der Waals surface area contributed by atoms with Crippen LogP contribution in [-0.2, 0) is 9.59 Å². The molecule has 0 aromatic heterocycles. The molecule has 19 heavy (non-hydrogen) atoms. The zero-order chi connectivity index (χ0) is 14.3. The lowest BCUT2D eigenvalue weighted by Crippen LogP contribution is -2.36. The van der Waals surface area contributed by atoms with Gasteiger partial charge in [0.2, 0.25) is 11.8 Å². The molecular formula is C14H21N3O2. The van der Waals surface area contributed by atoms with Crippen LogP contribution in [0.2, 0.25) is 0 Å². The van der Waals surface area contributed by atoms with E-state index in [2.05, 4.69) is 10.6 Å². The molecule has 0 unspecified atom stereocenters. The average Bonchev–Trinajstić information content (AvgIpc) is 2.31. The summed E-state index contributed by atoms with van der Waals surface area (Å²) in [6, 6.07) is 7.67. The number of nitrogens with zero attached hydrogens (tertiary/aromatic N) is 1. The molecular weight excluding hydrogens is 242 g/mol. The summed E-state index contributed by atoms with van der Waals surface area (Å²) in [6.45, 7) is 4.96. The standard InChI is InChI=1S/C14H21N3O2/c1-11-4-6-13(7-5-11)16-14(19)10-17(3)9-8-15-12(2)18/h4-7H,8-10H2,1-3H3,(H,15,18)(H,16,19). The zero-order valence-electron chi connectivity index (χ0n) is 11.7. The van der Waals surface area contributed by atoms with Gasteiger partial charge in [0.05, 0.1) is 6.54 Å². The monoisotopic (exact) mass is 263 g/mol. The summed E-state index contributed by atoms with van der Waals surface area (Å²) in [4.78, 5) is 24.3.